The Bertz CT molecular complexity index is 866. The van der Waals surface area contributed by atoms with Crippen molar-refractivity contribution in [1.82, 2.24) is 29.6 Å². The van der Waals surface area contributed by atoms with Gasteiger partial charge in [0.05, 0.1) is 22.1 Å². The Kier molecular flexibility index (Phi) is 3.26. The van der Waals surface area contributed by atoms with Crippen molar-refractivity contribution in [3.8, 4) is 0 Å². The van der Waals surface area contributed by atoms with Gasteiger partial charge in [-0.2, -0.15) is 5.10 Å². The van der Waals surface area contributed by atoms with E-state index in [0.29, 0.717) is 24.4 Å². The molecule has 0 unspecified atom stereocenters. The van der Waals surface area contributed by atoms with Crippen LogP contribution in [0.15, 0.2) is 33.9 Å². The molecule has 0 atom stereocenters. The van der Waals surface area contributed by atoms with Crippen molar-refractivity contribution in [2.45, 2.75) is 6.04 Å². The minimum absolute atomic E-state index is 0.0878. The molecule has 1 amide bonds. The maximum Gasteiger partial charge on any atom is 0.273 e. The number of fused-ring (bicyclic) bond motifs is 1. The van der Waals surface area contributed by atoms with Crippen LogP contribution in [0.5, 0.6) is 0 Å². The maximum atomic E-state index is 12.6. The fourth-order valence-electron chi connectivity index (χ4n) is 2.54. The second-order valence-corrected chi connectivity index (χ2v) is 6.86. The number of aromatic amines is 1. The highest BCUT2D eigenvalue weighted by molar-refractivity contribution is 9.11. The molecule has 7 nitrogen and oxygen atoms in total. The molecule has 0 bridgehead atoms. The van der Waals surface area contributed by atoms with Crippen molar-refractivity contribution < 1.29 is 4.79 Å². The highest BCUT2D eigenvalue weighted by Gasteiger charge is 2.34. The molecule has 112 valence electrons. The molecule has 0 saturated carbocycles. The molecule has 0 radical (unpaired) electrons. The summed E-state index contributed by atoms with van der Waals surface area (Å²) >= 11 is 6.80. The summed E-state index contributed by atoms with van der Waals surface area (Å²) in [6, 6.07) is 0.210. The van der Waals surface area contributed by atoms with Crippen LogP contribution >= 0.6 is 31.9 Å². The fraction of sp³-hybridized carbons (Fsp3) is 0.231. The van der Waals surface area contributed by atoms with Gasteiger partial charge in [-0.1, -0.05) is 0 Å². The van der Waals surface area contributed by atoms with E-state index < -0.39 is 0 Å². The minimum atomic E-state index is -0.0878. The predicted molar refractivity (Wildman–Crippen MR) is 86.5 cm³/mol. The summed E-state index contributed by atoms with van der Waals surface area (Å²) in [4.78, 5) is 25.7. The molecule has 4 rings (SSSR count). The van der Waals surface area contributed by atoms with Gasteiger partial charge in [0.2, 0.25) is 0 Å². The highest BCUT2D eigenvalue weighted by atomic mass is 79.9. The van der Waals surface area contributed by atoms with E-state index in [9.17, 15) is 4.79 Å². The van der Waals surface area contributed by atoms with Gasteiger partial charge in [0.25, 0.3) is 5.91 Å². The second-order valence-electron chi connectivity index (χ2n) is 5.09. The molecule has 1 fully saturated rings. The Morgan fingerprint density at radius 2 is 2.14 bits per heavy atom. The molecule has 1 aliphatic heterocycles. The van der Waals surface area contributed by atoms with Crippen LogP contribution in [0, 0.1) is 0 Å². The summed E-state index contributed by atoms with van der Waals surface area (Å²) in [5, 5.41) is 4.97. The lowest BCUT2D eigenvalue weighted by Crippen LogP contribution is -2.51. The average molecular weight is 426 g/mol. The molecule has 9 heteroatoms. The van der Waals surface area contributed by atoms with E-state index in [-0.39, 0.29) is 11.9 Å². The van der Waals surface area contributed by atoms with Gasteiger partial charge >= 0.3 is 0 Å². The Labute approximate surface area is 142 Å². The molecular weight excluding hydrogens is 416 g/mol. The second kappa shape index (κ2) is 5.17. The molecular formula is C13H10Br2N6O. The third-order valence-electron chi connectivity index (χ3n) is 3.72. The largest absolute Gasteiger partial charge is 0.345 e. The van der Waals surface area contributed by atoms with E-state index in [2.05, 4.69) is 51.9 Å². The Balaban J connectivity index is 1.57. The molecule has 3 aromatic heterocycles. The van der Waals surface area contributed by atoms with Crippen LogP contribution < -0.4 is 0 Å². The maximum absolute atomic E-state index is 12.6. The predicted octanol–water partition coefficient (Wildman–Crippen LogP) is 2.38. The zero-order valence-electron chi connectivity index (χ0n) is 11.2. The third-order valence-corrected chi connectivity index (χ3v) is 4.75. The number of carbonyl (C=O) groups is 1. The highest BCUT2D eigenvalue weighted by Crippen LogP contribution is 2.28. The molecule has 0 aromatic carbocycles. The number of rotatable bonds is 2. The minimum Gasteiger partial charge on any atom is -0.345 e. The molecule has 22 heavy (non-hydrogen) atoms. The quantitative estimate of drug-likeness (QED) is 0.683. The number of amides is 1. The summed E-state index contributed by atoms with van der Waals surface area (Å²) in [5.74, 6) is -0.0878. The first-order chi connectivity index (χ1) is 10.6. The summed E-state index contributed by atoms with van der Waals surface area (Å²) < 4.78 is 3.60. The fourth-order valence-corrected chi connectivity index (χ4v) is 3.33. The van der Waals surface area contributed by atoms with E-state index in [1.807, 2.05) is 10.9 Å². The summed E-state index contributed by atoms with van der Waals surface area (Å²) in [6.45, 7) is 1.25. The van der Waals surface area contributed by atoms with Crippen molar-refractivity contribution in [3.05, 3.63) is 39.6 Å². The Morgan fingerprint density at radius 1 is 1.32 bits per heavy atom. The van der Waals surface area contributed by atoms with Gasteiger partial charge in [0, 0.05) is 30.0 Å². The zero-order chi connectivity index (χ0) is 15.3. The summed E-state index contributed by atoms with van der Waals surface area (Å²) in [5.41, 5.74) is 1.07. The van der Waals surface area contributed by atoms with Crippen molar-refractivity contribution in [2.75, 3.05) is 13.1 Å². The molecule has 1 aliphatic rings. The lowest BCUT2D eigenvalue weighted by atomic mass is 10.1. The Hall–Kier alpha value is -1.74. The van der Waals surface area contributed by atoms with Crippen LogP contribution in [-0.4, -0.2) is 48.6 Å². The molecule has 1 saturated heterocycles. The summed E-state index contributed by atoms with van der Waals surface area (Å²) in [6.07, 6.45) is 6.82. The lowest BCUT2D eigenvalue weighted by Gasteiger charge is -2.39. The van der Waals surface area contributed by atoms with Gasteiger partial charge in [0.15, 0.2) is 0 Å². The number of H-pyrrole nitrogens is 1. The lowest BCUT2D eigenvalue weighted by molar-refractivity contribution is 0.0497. The van der Waals surface area contributed by atoms with Crippen LogP contribution in [0.1, 0.15) is 16.5 Å². The average Bonchev–Trinajstić information content (AvgIpc) is 3.04. The topological polar surface area (TPSA) is 79.7 Å². The number of aromatic nitrogens is 5. The monoisotopic (exact) mass is 424 g/mol. The molecule has 1 N–H and O–H groups in total. The first-order valence-electron chi connectivity index (χ1n) is 6.60. The van der Waals surface area contributed by atoms with Gasteiger partial charge in [-0.15, -0.1) is 0 Å². The van der Waals surface area contributed by atoms with E-state index in [4.69, 9.17) is 0 Å². The van der Waals surface area contributed by atoms with E-state index in [0.717, 1.165) is 14.3 Å². The SMILES string of the molecule is O=C(c1ncnc2[nH]cc(Br)c12)N1CC(n2cc(Br)cn2)C1. The van der Waals surface area contributed by atoms with Gasteiger partial charge in [-0.05, 0) is 31.9 Å². The number of hydrogen-bond donors (Lipinski definition) is 1. The molecule has 4 heterocycles. The van der Waals surface area contributed by atoms with Gasteiger partial charge < -0.3 is 9.88 Å². The van der Waals surface area contributed by atoms with Crippen molar-refractivity contribution in [3.63, 3.8) is 0 Å². The number of hydrogen-bond acceptors (Lipinski definition) is 4. The van der Waals surface area contributed by atoms with Crippen LogP contribution in [0.2, 0.25) is 0 Å². The van der Waals surface area contributed by atoms with Crippen molar-refractivity contribution >= 4 is 48.8 Å². The van der Waals surface area contributed by atoms with E-state index in [1.165, 1.54) is 6.33 Å². The number of nitrogens with zero attached hydrogens (tertiary/aromatic N) is 5. The summed E-state index contributed by atoms with van der Waals surface area (Å²) in [7, 11) is 0. The van der Waals surface area contributed by atoms with Crippen LogP contribution in [0.25, 0.3) is 11.0 Å². The normalized spacial score (nSPS) is 15.3. The zero-order valence-corrected chi connectivity index (χ0v) is 14.4. The number of likely N-dealkylation sites (tertiary alicyclic amines) is 1. The first kappa shape index (κ1) is 13.9. The van der Waals surface area contributed by atoms with Crippen LogP contribution in [-0.2, 0) is 0 Å². The van der Waals surface area contributed by atoms with Crippen LogP contribution in [0.4, 0.5) is 0 Å². The van der Waals surface area contributed by atoms with Crippen molar-refractivity contribution in [2.24, 2.45) is 0 Å². The standard InChI is InChI=1S/C13H10Br2N6O/c14-7-1-19-21(3-7)8-4-20(5-8)13(22)11-10-9(15)2-16-12(10)18-6-17-11/h1-3,6,8H,4-5H2,(H,16,17,18). The van der Waals surface area contributed by atoms with E-state index in [1.54, 1.807) is 17.3 Å². The first-order valence-corrected chi connectivity index (χ1v) is 8.18. The molecule has 0 spiro atoms. The van der Waals surface area contributed by atoms with Gasteiger partial charge in [-0.25, -0.2) is 9.97 Å². The molecule has 0 aliphatic carbocycles. The molecule has 3 aromatic rings. The van der Waals surface area contributed by atoms with Crippen LogP contribution in [0.3, 0.4) is 0 Å². The van der Waals surface area contributed by atoms with E-state index >= 15 is 0 Å². The number of halogens is 2. The number of carbonyl (C=O) groups excluding carboxylic acids is 1. The van der Waals surface area contributed by atoms with Gasteiger partial charge in [0.1, 0.15) is 17.7 Å². The smallest absolute Gasteiger partial charge is 0.273 e. The third kappa shape index (κ3) is 2.15. The van der Waals surface area contributed by atoms with Crippen molar-refractivity contribution in [1.29, 1.82) is 0 Å². The Morgan fingerprint density at radius 3 is 2.86 bits per heavy atom. The number of nitrogens with one attached hydrogen (secondary N) is 1. The van der Waals surface area contributed by atoms with Gasteiger partial charge in [-0.3, -0.25) is 9.48 Å².